The summed E-state index contributed by atoms with van der Waals surface area (Å²) in [7, 11) is 0. The van der Waals surface area contributed by atoms with E-state index in [-0.39, 0.29) is 5.60 Å². The minimum absolute atomic E-state index is 0.375. The lowest BCUT2D eigenvalue weighted by molar-refractivity contribution is 0.0211. The van der Waals surface area contributed by atoms with Crippen LogP contribution in [-0.4, -0.2) is 10.7 Å². The third-order valence-electron chi connectivity index (χ3n) is 4.31. The van der Waals surface area contributed by atoms with E-state index in [1.807, 2.05) is 0 Å². The molecule has 0 aromatic heterocycles. The van der Waals surface area contributed by atoms with Crippen molar-refractivity contribution in [1.29, 1.82) is 0 Å². The van der Waals surface area contributed by atoms with Crippen LogP contribution < -0.4 is 0 Å². The molecule has 1 nitrogen and oxygen atoms in total. The largest absolute Gasteiger partial charge is 0.390 e. The first-order chi connectivity index (χ1) is 8.68. The molecule has 18 heavy (non-hydrogen) atoms. The molecule has 0 rings (SSSR count). The van der Waals surface area contributed by atoms with Gasteiger partial charge in [-0.15, -0.1) is 0 Å². The summed E-state index contributed by atoms with van der Waals surface area (Å²) in [5.74, 6) is 0. The van der Waals surface area contributed by atoms with E-state index < -0.39 is 0 Å². The van der Waals surface area contributed by atoms with Gasteiger partial charge in [-0.1, -0.05) is 85.0 Å². The Labute approximate surface area is 115 Å². The molecule has 0 aromatic carbocycles. The molecular weight excluding hydrogens is 220 g/mol. The molecule has 0 aliphatic rings. The lowest BCUT2D eigenvalue weighted by Gasteiger charge is -2.24. The smallest absolute Gasteiger partial charge is 0.0642 e. The zero-order valence-corrected chi connectivity index (χ0v) is 13.1. The van der Waals surface area contributed by atoms with Crippen LogP contribution in [0.3, 0.4) is 0 Å². The molecule has 0 heterocycles. The molecule has 0 aliphatic heterocycles. The summed E-state index contributed by atoms with van der Waals surface area (Å²) in [5, 5.41) is 10.2. The molecule has 0 saturated heterocycles. The lowest BCUT2D eigenvalue weighted by atomic mass is 9.90. The van der Waals surface area contributed by atoms with Gasteiger partial charge in [-0.2, -0.15) is 0 Å². The fraction of sp³-hybridized carbons (Fsp3) is 1.00. The van der Waals surface area contributed by atoms with Gasteiger partial charge in [-0.05, 0) is 19.3 Å². The van der Waals surface area contributed by atoms with Gasteiger partial charge in [-0.3, -0.25) is 0 Å². The van der Waals surface area contributed by atoms with Gasteiger partial charge >= 0.3 is 0 Å². The van der Waals surface area contributed by atoms with E-state index in [0.29, 0.717) is 0 Å². The van der Waals surface area contributed by atoms with Gasteiger partial charge in [0.1, 0.15) is 0 Å². The third-order valence-corrected chi connectivity index (χ3v) is 4.31. The number of unbranched alkanes of at least 4 members (excludes halogenated alkanes) is 9. The third kappa shape index (κ3) is 9.94. The Balaban J connectivity index is 3.21. The monoisotopic (exact) mass is 256 g/mol. The average molecular weight is 256 g/mol. The maximum Gasteiger partial charge on any atom is 0.0642 e. The Bertz CT molecular complexity index is 161. The second kappa shape index (κ2) is 12.0. The molecule has 0 spiro atoms. The van der Waals surface area contributed by atoms with Crippen LogP contribution in [0.4, 0.5) is 0 Å². The second-order valence-corrected chi connectivity index (χ2v) is 5.86. The summed E-state index contributed by atoms with van der Waals surface area (Å²) in [4.78, 5) is 0. The second-order valence-electron chi connectivity index (χ2n) is 5.86. The zero-order valence-electron chi connectivity index (χ0n) is 13.1. The molecule has 0 aromatic rings. The van der Waals surface area contributed by atoms with E-state index in [1.54, 1.807) is 0 Å². The van der Waals surface area contributed by atoms with E-state index >= 15 is 0 Å². The van der Waals surface area contributed by atoms with E-state index in [0.717, 1.165) is 19.3 Å². The van der Waals surface area contributed by atoms with E-state index in [4.69, 9.17) is 0 Å². The summed E-state index contributed by atoms with van der Waals surface area (Å²) < 4.78 is 0. The summed E-state index contributed by atoms with van der Waals surface area (Å²) in [6, 6.07) is 0. The Morgan fingerprint density at radius 2 is 1.00 bits per heavy atom. The summed E-state index contributed by atoms with van der Waals surface area (Å²) in [6.45, 7) is 6.47. The summed E-state index contributed by atoms with van der Waals surface area (Å²) in [5.41, 5.74) is -0.375. The van der Waals surface area contributed by atoms with Crippen molar-refractivity contribution in [1.82, 2.24) is 0 Å². The van der Waals surface area contributed by atoms with Crippen LogP contribution in [-0.2, 0) is 0 Å². The SMILES string of the molecule is CCCCCCCCCCCCC(O)(CC)CC. The molecule has 0 aliphatic carbocycles. The van der Waals surface area contributed by atoms with E-state index in [9.17, 15) is 5.11 Å². The van der Waals surface area contributed by atoms with Crippen LogP contribution in [0.25, 0.3) is 0 Å². The van der Waals surface area contributed by atoms with Crippen molar-refractivity contribution in [2.24, 2.45) is 0 Å². The van der Waals surface area contributed by atoms with Crippen LogP contribution in [0.1, 0.15) is 104 Å². The van der Waals surface area contributed by atoms with Gasteiger partial charge in [0.2, 0.25) is 0 Å². The van der Waals surface area contributed by atoms with Gasteiger partial charge in [0, 0.05) is 0 Å². The Kier molecular flexibility index (Phi) is 12.0. The molecule has 1 heteroatoms. The Morgan fingerprint density at radius 3 is 1.39 bits per heavy atom. The predicted molar refractivity (Wildman–Crippen MR) is 82.0 cm³/mol. The Morgan fingerprint density at radius 1 is 0.611 bits per heavy atom. The highest BCUT2D eigenvalue weighted by molar-refractivity contribution is 4.74. The standard InChI is InChI=1S/C17H36O/c1-4-7-8-9-10-11-12-13-14-15-16-17(18,5-2)6-3/h18H,4-16H2,1-3H3. The zero-order chi connectivity index (χ0) is 13.7. The number of rotatable bonds is 13. The maximum atomic E-state index is 10.2. The topological polar surface area (TPSA) is 20.2 Å². The van der Waals surface area contributed by atoms with E-state index in [2.05, 4.69) is 20.8 Å². The van der Waals surface area contributed by atoms with Crippen molar-refractivity contribution < 1.29 is 5.11 Å². The highest BCUT2D eigenvalue weighted by Crippen LogP contribution is 2.22. The van der Waals surface area contributed by atoms with Crippen molar-refractivity contribution in [2.45, 2.75) is 110 Å². The molecule has 0 saturated carbocycles. The molecule has 0 amide bonds. The molecule has 0 radical (unpaired) electrons. The number of hydrogen-bond donors (Lipinski definition) is 1. The minimum Gasteiger partial charge on any atom is -0.390 e. The molecular formula is C17H36O. The van der Waals surface area contributed by atoms with Crippen molar-refractivity contribution in [3.63, 3.8) is 0 Å². The van der Waals surface area contributed by atoms with Crippen molar-refractivity contribution in [2.75, 3.05) is 0 Å². The van der Waals surface area contributed by atoms with Gasteiger partial charge in [0.25, 0.3) is 0 Å². The highest BCUT2D eigenvalue weighted by atomic mass is 16.3. The molecule has 0 fully saturated rings. The summed E-state index contributed by atoms with van der Waals surface area (Å²) in [6.07, 6.45) is 16.5. The first-order valence-electron chi connectivity index (χ1n) is 8.41. The van der Waals surface area contributed by atoms with Crippen LogP contribution in [0.2, 0.25) is 0 Å². The summed E-state index contributed by atoms with van der Waals surface area (Å²) >= 11 is 0. The first kappa shape index (κ1) is 18.0. The first-order valence-corrected chi connectivity index (χ1v) is 8.41. The van der Waals surface area contributed by atoms with Crippen molar-refractivity contribution >= 4 is 0 Å². The van der Waals surface area contributed by atoms with Gasteiger partial charge in [-0.25, -0.2) is 0 Å². The highest BCUT2D eigenvalue weighted by Gasteiger charge is 2.20. The Hall–Kier alpha value is -0.0400. The molecule has 0 unspecified atom stereocenters. The molecule has 0 atom stereocenters. The van der Waals surface area contributed by atoms with Crippen molar-refractivity contribution in [3.05, 3.63) is 0 Å². The van der Waals surface area contributed by atoms with Crippen LogP contribution >= 0.6 is 0 Å². The van der Waals surface area contributed by atoms with Crippen molar-refractivity contribution in [3.8, 4) is 0 Å². The lowest BCUT2D eigenvalue weighted by Crippen LogP contribution is -2.26. The van der Waals surface area contributed by atoms with Crippen LogP contribution in [0.15, 0.2) is 0 Å². The minimum atomic E-state index is -0.375. The van der Waals surface area contributed by atoms with Gasteiger partial charge in [0.05, 0.1) is 5.60 Å². The van der Waals surface area contributed by atoms with E-state index in [1.165, 1.54) is 64.2 Å². The number of hydrogen-bond acceptors (Lipinski definition) is 1. The quantitative estimate of drug-likeness (QED) is 0.410. The number of aliphatic hydroxyl groups is 1. The molecule has 110 valence electrons. The maximum absolute atomic E-state index is 10.2. The molecule has 1 N–H and O–H groups in total. The van der Waals surface area contributed by atoms with Crippen LogP contribution in [0.5, 0.6) is 0 Å². The predicted octanol–water partition coefficient (Wildman–Crippen LogP) is 5.85. The normalized spacial score (nSPS) is 12.0. The van der Waals surface area contributed by atoms with Gasteiger partial charge < -0.3 is 5.11 Å². The fourth-order valence-corrected chi connectivity index (χ4v) is 2.55. The molecule has 0 bridgehead atoms. The van der Waals surface area contributed by atoms with Gasteiger partial charge in [0.15, 0.2) is 0 Å². The van der Waals surface area contributed by atoms with Crippen LogP contribution in [0, 0.1) is 0 Å². The fourth-order valence-electron chi connectivity index (χ4n) is 2.55. The average Bonchev–Trinajstić information content (AvgIpc) is 2.40.